The predicted octanol–water partition coefficient (Wildman–Crippen LogP) is 2.07. The number of rotatable bonds is 1. The van der Waals surface area contributed by atoms with Crippen LogP contribution in [0.2, 0.25) is 0 Å². The molecule has 0 spiro atoms. The van der Waals surface area contributed by atoms with Crippen LogP contribution in [0.15, 0.2) is 27.9 Å². The SMILES string of the molecule is Cc1cc2[nH]c(=O)c(C)cc2cc1S(=O)(=O)Cl. The molecule has 0 amide bonds. The summed E-state index contributed by atoms with van der Waals surface area (Å²) < 4.78 is 22.7. The van der Waals surface area contributed by atoms with Crippen LogP contribution in [0.1, 0.15) is 11.1 Å². The molecule has 0 saturated heterocycles. The molecule has 0 aliphatic heterocycles. The third kappa shape index (κ3) is 2.21. The van der Waals surface area contributed by atoms with Crippen molar-refractivity contribution >= 4 is 30.6 Å². The fourth-order valence-electron chi connectivity index (χ4n) is 1.71. The van der Waals surface area contributed by atoms with E-state index in [0.29, 0.717) is 22.0 Å². The van der Waals surface area contributed by atoms with Gasteiger partial charge in [0, 0.05) is 21.8 Å². The van der Waals surface area contributed by atoms with Gasteiger partial charge in [-0.3, -0.25) is 4.79 Å². The van der Waals surface area contributed by atoms with Crippen molar-refractivity contribution in [2.75, 3.05) is 0 Å². The molecule has 0 unspecified atom stereocenters. The average molecular weight is 272 g/mol. The van der Waals surface area contributed by atoms with Crippen molar-refractivity contribution in [2.45, 2.75) is 18.7 Å². The zero-order valence-corrected chi connectivity index (χ0v) is 10.8. The van der Waals surface area contributed by atoms with Gasteiger partial charge in [0.1, 0.15) is 0 Å². The molecular weight excluding hydrogens is 262 g/mol. The molecular formula is C11H10ClNO3S. The molecule has 0 saturated carbocycles. The first-order valence-corrected chi connectivity index (χ1v) is 7.19. The molecule has 0 radical (unpaired) electrons. The van der Waals surface area contributed by atoms with Crippen LogP contribution in [0.3, 0.4) is 0 Å². The zero-order valence-electron chi connectivity index (χ0n) is 9.24. The van der Waals surface area contributed by atoms with Crippen LogP contribution < -0.4 is 5.56 Å². The van der Waals surface area contributed by atoms with Gasteiger partial charge in [0.05, 0.1) is 4.90 Å². The lowest BCUT2D eigenvalue weighted by Crippen LogP contribution is -2.09. The topological polar surface area (TPSA) is 67.0 Å². The van der Waals surface area contributed by atoms with Crippen LogP contribution in [0.4, 0.5) is 0 Å². The lowest BCUT2D eigenvalue weighted by atomic mass is 10.1. The maximum atomic E-state index is 11.4. The Labute approximate surface area is 103 Å². The van der Waals surface area contributed by atoms with Crippen molar-refractivity contribution in [3.8, 4) is 0 Å². The molecule has 6 heteroatoms. The first-order valence-electron chi connectivity index (χ1n) is 4.88. The fraction of sp³-hybridized carbons (Fsp3) is 0.182. The molecule has 2 rings (SSSR count). The maximum Gasteiger partial charge on any atom is 0.261 e. The number of aryl methyl sites for hydroxylation is 2. The number of nitrogens with one attached hydrogen (secondary N) is 1. The van der Waals surface area contributed by atoms with E-state index >= 15 is 0 Å². The van der Waals surface area contributed by atoms with E-state index in [1.165, 1.54) is 6.07 Å². The Bertz CT molecular complexity index is 762. The third-order valence-corrected chi connectivity index (χ3v) is 4.05. The molecule has 1 aromatic heterocycles. The smallest absolute Gasteiger partial charge is 0.261 e. The summed E-state index contributed by atoms with van der Waals surface area (Å²) in [6.07, 6.45) is 0. The van der Waals surface area contributed by atoms with Gasteiger partial charge in [-0.1, -0.05) is 0 Å². The number of aromatic nitrogens is 1. The van der Waals surface area contributed by atoms with Gasteiger partial charge in [-0.2, -0.15) is 0 Å². The molecule has 0 fully saturated rings. The van der Waals surface area contributed by atoms with Gasteiger partial charge in [0.15, 0.2) is 0 Å². The highest BCUT2D eigenvalue weighted by Gasteiger charge is 2.14. The summed E-state index contributed by atoms with van der Waals surface area (Å²) in [7, 11) is 1.57. The van der Waals surface area contributed by atoms with Crippen molar-refractivity contribution < 1.29 is 8.42 Å². The normalized spacial score (nSPS) is 11.9. The van der Waals surface area contributed by atoms with Crippen LogP contribution in [-0.2, 0) is 9.05 Å². The Morgan fingerprint density at radius 1 is 1.12 bits per heavy atom. The highest BCUT2D eigenvalue weighted by atomic mass is 35.7. The molecule has 0 aliphatic rings. The van der Waals surface area contributed by atoms with E-state index in [4.69, 9.17) is 10.7 Å². The van der Waals surface area contributed by atoms with E-state index < -0.39 is 9.05 Å². The highest BCUT2D eigenvalue weighted by Crippen LogP contribution is 2.24. The molecule has 4 nitrogen and oxygen atoms in total. The van der Waals surface area contributed by atoms with Crippen molar-refractivity contribution in [3.63, 3.8) is 0 Å². The van der Waals surface area contributed by atoms with Gasteiger partial charge in [-0.25, -0.2) is 8.42 Å². The van der Waals surface area contributed by atoms with E-state index in [1.807, 2.05) is 0 Å². The lowest BCUT2D eigenvalue weighted by molar-refractivity contribution is 0.609. The molecule has 2 aromatic rings. The van der Waals surface area contributed by atoms with Gasteiger partial charge in [0.25, 0.3) is 14.6 Å². The number of hydrogen-bond acceptors (Lipinski definition) is 3. The summed E-state index contributed by atoms with van der Waals surface area (Å²) in [5, 5.41) is 0.645. The summed E-state index contributed by atoms with van der Waals surface area (Å²) in [4.78, 5) is 14.2. The fourth-order valence-corrected chi connectivity index (χ4v) is 2.92. The van der Waals surface area contributed by atoms with E-state index in [0.717, 1.165) is 0 Å². The second-order valence-electron chi connectivity index (χ2n) is 3.92. The van der Waals surface area contributed by atoms with E-state index in [2.05, 4.69) is 4.98 Å². The van der Waals surface area contributed by atoms with Crippen molar-refractivity contribution in [2.24, 2.45) is 0 Å². The Morgan fingerprint density at radius 3 is 2.35 bits per heavy atom. The van der Waals surface area contributed by atoms with Crippen LogP contribution >= 0.6 is 10.7 Å². The maximum absolute atomic E-state index is 11.4. The van der Waals surface area contributed by atoms with Gasteiger partial charge >= 0.3 is 0 Å². The number of aromatic amines is 1. The van der Waals surface area contributed by atoms with E-state index in [-0.39, 0.29) is 10.5 Å². The van der Waals surface area contributed by atoms with Crippen molar-refractivity contribution in [1.82, 2.24) is 4.98 Å². The number of H-pyrrole nitrogens is 1. The van der Waals surface area contributed by atoms with E-state index in [1.54, 1.807) is 26.0 Å². The quantitative estimate of drug-likeness (QED) is 0.808. The highest BCUT2D eigenvalue weighted by molar-refractivity contribution is 8.13. The van der Waals surface area contributed by atoms with Crippen LogP contribution in [-0.4, -0.2) is 13.4 Å². The largest absolute Gasteiger partial charge is 0.322 e. The summed E-state index contributed by atoms with van der Waals surface area (Å²) in [5.74, 6) is 0. The Morgan fingerprint density at radius 2 is 1.76 bits per heavy atom. The van der Waals surface area contributed by atoms with Crippen LogP contribution in [0, 0.1) is 13.8 Å². The van der Waals surface area contributed by atoms with Gasteiger partial charge < -0.3 is 4.98 Å². The third-order valence-electron chi connectivity index (χ3n) is 2.59. The minimum atomic E-state index is -3.77. The molecule has 0 aliphatic carbocycles. The number of halogens is 1. The summed E-state index contributed by atoms with van der Waals surface area (Å²) >= 11 is 0. The van der Waals surface area contributed by atoms with E-state index in [9.17, 15) is 13.2 Å². The summed E-state index contributed by atoms with van der Waals surface area (Å²) in [6.45, 7) is 3.29. The molecule has 17 heavy (non-hydrogen) atoms. The Kier molecular flexibility index (Phi) is 2.75. The van der Waals surface area contributed by atoms with Crippen LogP contribution in [0.5, 0.6) is 0 Å². The first-order chi connectivity index (χ1) is 7.79. The monoisotopic (exact) mass is 271 g/mol. The minimum absolute atomic E-state index is 0.0677. The number of pyridine rings is 1. The number of fused-ring (bicyclic) bond motifs is 1. The number of hydrogen-bond donors (Lipinski definition) is 1. The second kappa shape index (κ2) is 3.85. The molecule has 0 bridgehead atoms. The van der Waals surface area contributed by atoms with Crippen LogP contribution in [0.25, 0.3) is 10.9 Å². The van der Waals surface area contributed by atoms with Gasteiger partial charge in [-0.05, 0) is 43.0 Å². The molecule has 90 valence electrons. The second-order valence-corrected chi connectivity index (χ2v) is 6.46. The molecule has 1 aromatic carbocycles. The predicted molar refractivity (Wildman–Crippen MR) is 67.1 cm³/mol. The summed E-state index contributed by atoms with van der Waals surface area (Å²) in [5.41, 5.74) is 1.45. The molecule has 1 heterocycles. The summed E-state index contributed by atoms with van der Waals surface area (Å²) in [6, 6.07) is 4.71. The van der Waals surface area contributed by atoms with Crippen molar-refractivity contribution in [3.05, 3.63) is 39.7 Å². The van der Waals surface area contributed by atoms with Crippen molar-refractivity contribution in [1.29, 1.82) is 0 Å². The Hall–Kier alpha value is -1.33. The zero-order chi connectivity index (χ0) is 12.8. The first kappa shape index (κ1) is 12.1. The average Bonchev–Trinajstić information content (AvgIpc) is 2.18. The van der Waals surface area contributed by atoms with Gasteiger partial charge in [0.2, 0.25) is 0 Å². The molecule has 0 atom stereocenters. The number of benzene rings is 1. The standard InChI is InChI=1S/C11H10ClNO3S/c1-6-4-9-8(3-7(2)11(14)13-9)5-10(6)17(12,15)16/h3-5H,1-2H3,(H,13,14). The Balaban J connectivity index is 2.91. The van der Waals surface area contributed by atoms with Gasteiger partial charge in [-0.15, -0.1) is 0 Å². The molecule has 1 N–H and O–H groups in total. The minimum Gasteiger partial charge on any atom is -0.322 e. The lowest BCUT2D eigenvalue weighted by Gasteiger charge is -2.05.